The minimum absolute atomic E-state index is 0.0513. The normalized spacial score (nSPS) is 13.8. The fourth-order valence-corrected chi connectivity index (χ4v) is 2.08. The molecule has 1 rings (SSSR count). The van der Waals surface area contributed by atoms with E-state index in [1.165, 1.54) is 6.92 Å². The van der Waals surface area contributed by atoms with Crippen LogP contribution in [0.4, 0.5) is 8.78 Å². The predicted octanol–water partition coefficient (Wildman–Crippen LogP) is 2.66. The van der Waals surface area contributed by atoms with Crippen molar-refractivity contribution in [2.75, 3.05) is 6.26 Å². The van der Waals surface area contributed by atoms with Gasteiger partial charge >= 0.3 is 0 Å². The highest BCUT2D eigenvalue weighted by Crippen LogP contribution is 2.29. The highest BCUT2D eigenvalue weighted by Gasteiger charge is 2.19. The van der Waals surface area contributed by atoms with Crippen LogP contribution in [0.25, 0.3) is 0 Å². The minimum atomic E-state index is -3.72. The summed E-state index contributed by atoms with van der Waals surface area (Å²) >= 11 is 5.57. The van der Waals surface area contributed by atoms with Gasteiger partial charge in [0.1, 0.15) is 17.7 Å². The summed E-state index contributed by atoms with van der Waals surface area (Å²) in [6, 6.07) is 1.54. The Kier molecular flexibility index (Phi) is 3.88. The third kappa shape index (κ3) is 3.40. The Morgan fingerprint density at radius 2 is 1.94 bits per heavy atom. The zero-order valence-corrected chi connectivity index (χ0v) is 10.1. The Morgan fingerprint density at radius 3 is 2.44 bits per heavy atom. The molecule has 0 N–H and O–H groups in total. The highest BCUT2D eigenvalue weighted by atomic mass is 35.5. The Morgan fingerprint density at radius 1 is 1.38 bits per heavy atom. The van der Waals surface area contributed by atoms with E-state index in [9.17, 15) is 17.2 Å². The van der Waals surface area contributed by atoms with Crippen LogP contribution >= 0.6 is 11.6 Å². The number of hydrogen-bond donors (Lipinski definition) is 0. The van der Waals surface area contributed by atoms with E-state index >= 15 is 0 Å². The first-order valence-electron chi connectivity index (χ1n) is 4.23. The molecule has 0 bridgehead atoms. The monoisotopic (exact) mass is 270 g/mol. The molecule has 0 aliphatic heterocycles. The molecule has 0 amide bonds. The summed E-state index contributed by atoms with van der Waals surface area (Å²) in [4.78, 5) is 0. The zero-order chi connectivity index (χ0) is 12.5. The highest BCUT2D eigenvalue weighted by molar-refractivity contribution is 7.86. The lowest BCUT2D eigenvalue weighted by molar-refractivity contribution is 0.235. The van der Waals surface area contributed by atoms with Crippen molar-refractivity contribution < 1.29 is 21.4 Å². The van der Waals surface area contributed by atoms with Gasteiger partial charge in [-0.3, -0.25) is 4.18 Å². The maximum atomic E-state index is 13.1. The summed E-state index contributed by atoms with van der Waals surface area (Å²) in [5.41, 5.74) is -0.0513. The van der Waals surface area contributed by atoms with Gasteiger partial charge in [-0.25, -0.2) is 8.78 Å². The van der Waals surface area contributed by atoms with E-state index in [0.717, 1.165) is 12.3 Å². The molecule has 0 aliphatic rings. The van der Waals surface area contributed by atoms with Gasteiger partial charge in [0.2, 0.25) is 0 Å². The second-order valence-corrected chi connectivity index (χ2v) is 5.21. The molecule has 7 heteroatoms. The molecule has 1 atom stereocenters. The van der Waals surface area contributed by atoms with Crippen LogP contribution in [-0.2, 0) is 14.3 Å². The van der Waals surface area contributed by atoms with Gasteiger partial charge in [-0.15, -0.1) is 0 Å². The van der Waals surface area contributed by atoms with Gasteiger partial charge in [-0.2, -0.15) is 8.42 Å². The van der Waals surface area contributed by atoms with Gasteiger partial charge in [-0.05, 0) is 13.0 Å². The smallest absolute Gasteiger partial charge is 0.262 e. The van der Waals surface area contributed by atoms with Crippen molar-refractivity contribution >= 4 is 21.7 Å². The van der Waals surface area contributed by atoms with Gasteiger partial charge in [0.05, 0.1) is 11.3 Å². The van der Waals surface area contributed by atoms with E-state index in [1.807, 2.05) is 0 Å². The molecular weight excluding hydrogens is 262 g/mol. The fourth-order valence-electron chi connectivity index (χ4n) is 1.19. The summed E-state index contributed by atoms with van der Waals surface area (Å²) in [6.45, 7) is 1.33. The Bertz CT molecular complexity index is 502. The van der Waals surface area contributed by atoms with Crippen LogP contribution in [0.1, 0.15) is 18.6 Å². The number of rotatable bonds is 3. The van der Waals surface area contributed by atoms with E-state index in [4.69, 9.17) is 11.6 Å². The van der Waals surface area contributed by atoms with Crippen molar-refractivity contribution in [2.45, 2.75) is 13.0 Å². The molecule has 0 spiro atoms. The molecule has 0 saturated heterocycles. The van der Waals surface area contributed by atoms with E-state index in [-0.39, 0.29) is 10.6 Å². The molecule has 1 aromatic rings. The summed E-state index contributed by atoms with van der Waals surface area (Å²) in [5, 5.41) is -0.349. The van der Waals surface area contributed by atoms with Crippen LogP contribution in [0, 0.1) is 11.6 Å². The molecule has 0 aromatic heterocycles. The van der Waals surface area contributed by atoms with Gasteiger partial charge in [0.25, 0.3) is 10.1 Å². The molecule has 3 nitrogen and oxygen atoms in total. The van der Waals surface area contributed by atoms with Gasteiger partial charge in [0, 0.05) is 11.6 Å². The van der Waals surface area contributed by atoms with Crippen molar-refractivity contribution in [1.82, 2.24) is 0 Å². The summed E-state index contributed by atoms with van der Waals surface area (Å²) in [6.07, 6.45) is -0.208. The van der Waals surface area contributed by atoms with Crippen LogP contribution in [0.5, 0.6) is 0 Å². The van der Waals surface area contributed by atoms with Gasteiger partial charge < -0.3 is 0 Å². The second kappa shape index (κ2) is 4.65. The SMILES string of the molecule is CC(OS(C)(=O)=O)c1cc(F)cc(F)c1Cl. The maximum absolute atomic E-state index is 13.1. The standard InChI is InChI=1S/C9H9ClF2O3S/c1-5(15-16(2,13)14)7-3-6(11)4-8(12)9(7)10/h3-5H,1-2H3. The zero-order valence-electron chi connectivity index (χ0n) is 8.50. The molecule has 90 valence electrons. The Hall–Kier alpha value is -0.720. The van der Waals surface area contributed by atoms with Crippen molar-refractivity contribution in [3.05, 3.63) is 34.4 Å². The van der Waals surface area contributed by atoms with Crippen LogP contribution < -0.4 is 0 Å². The molecule has 0 radical (unpaired) electrons. The number of benzene rings is 1. The minimum Gasteiger partial charge on any atom is -0.262 e. The molecule has 1 unspecified atom stereocenters. The summed E-state index contributed by atoms with van der Waals surface area (Å²) < 4.78 is 52.2. The average Bonchev–Trinajstić information content (AvgIpc) is 2.08. The van der Waals surface area contributed by atoms with E-state index in [0.29, 0.717) is 6.07 Å². The lowest BCUT2D eigenvalue weighted by atomic mass is 10.1. The first-order valence-corrected chi connectivity index (χ1v) is 6.43. The average molecular weight is 271 g/mol. The van der Waals surface area contributed by atoms with Crippen LogP contribution in [0.15, 0.2) is 12.1 Å². The molecule has 1 aromatic carbocycles. The van der Waals surface area contributed by atoms with Crippen molar-refractivity contribution in [3.63, 3.8) is 0 Å². The van der Waals surface area contributed by atoms with Crippen LogP contribution in [0.3, 0.4) is 0 Å². The van der Waals surface area contributed by atoms with Gasteiger partial charge in [-0.1, -0.05) is 11.6 Å². The van der Waals surface area contributed by atoms with E-state index < -0.39 is 27.9 Å². The summed E-state index contributed by atoms with van der Waals surface area (Å²) in [7, 11) is -3.72. The molecule has 16 heavy (non-hydrogen) atoms. The maximum Gasteiger partial charge on any atom is 0.264 e. The molecule has 0 aliphatic carbocycles. The van der Waals surface area contributed by atoms with Crippen molar-refractivity contribution in [3.8, 4) is 0 Å². The van der Waals surface area contributed by atoms with Crippen LogP contribution in [0.2, 0.25) is 5.02 Å². The fraction of sp³-hybridized carbons (Fsp3) is 0.333. The second-order valence-electron chi connectivity index (χ2n) is 3.23. The molecule has 0 saturated carbocycles. The number of hydrogen-bond acceptors (Lipinski definition) is 3. The topological polar surface area (TPSA) is 43.4 Å². The van der Waals surface area contributed by atoms with Crippen molar-refractivity contribution in [1.29, 1.82) is 0 Å². The van der Waals surface area contributed by atoms with E-state index in [1.54, 1.807) is 0 Å². The van der Waals surface area contributed by atoms with E-state index in [2.05, 4.69) is 4.18 Å². The molecule has 0 heterocycles. The van der Waals surface area contributed by atoms with Crippen LogP contribution in [-0.4, -0.2) is 14.7 Å². The summed E-state index contributed by atoms with van der Waals surface area (Å²) in [5.74, 6) is -1.80. The third-order valence-corrected chi connectivity index (χ3v) is 2.82. The lowest BCUT2D eigenvalue weighted by Gasteiger charge is -2.13. The lowest BCUT2D eigenvalue weighted by Crippen LogP contribution is -2.08. The predicted molar refractivity (Wildman–Crippen MR) is 55.7 cm³/mol. The number of halogens is 3. The quantitative estimate of drug-likeness (QED) is 0.626. The largest absolute Gasteiger partial charge is 0.264 e. The first-order chi connectivity index (χ1) is 7.20. The Labute approximate surface area is 97.1 Å². The van der Waals surface area contributed by atoms with Gasteiger partial charge in [0.15, 0.2) is 0 Å². The third-order valence-electron chi connectivity index (χ3n) is 1.78. The first kappa shape index (κ1) is 13.3. The molecule has 0 fully saturated rings. The van der Waals surface area contributed by atoms with Crippen molar-refractivity contribution in [2.24, 2.45) is 0 Å². The Balaban J connectivity index is 3.13. The molecular formula is C9H9ClF2O3S.